The quantitative estimate of drug-likeness (QED) is 0.613. The van der Waals surface area contributed by atoms with Crippen LogP contribution in [-0.2, 0) is 13.6 Å². The molecule has 124 valence electrons. The molecule has 0 aromatic carbocycles. The summed E-state index contributed by atoms with van der Waals surface area (Å²) in [5.74, 6) is 1.77. The maximum absolute atomic E-state index is 4.63. The molecule has 6 heteroatoms. The highest BCUT2D eigenvalue weighted by molar-refractivity contribution is 5.79. The van der Waals surface area contributed by atoms with E-state index in [0.29, 0.717) is 6.54 Å². The minimum Gasteiger partial charge on any atom is -0.357 e. The van der Waals surface area contributed by atoms with Crippen LogP contribution < -0.4 is 10.6 Å². The SMILES string of the molecule is CCNC(=NCc1ccnn1C)NCCN1CCC(C)CC1. The Morgan fingerprint density at radius 3 is 2.77 bits per heavy atom. The molecule has 1 aliphatic rings. The average molecular weight is 306 g/mol. The Kier molecular flexibility index (Phi) is 6.71. The molecular weight excluding hydrogens is 276 g/mol. The largest absolute Gasteiger partial charge is 0.357 e. The number of aryl methyl sites for hydroxylation is 1. The highest BCUT2D eigenvalue weighted by Crippen LogP contribution is 2.14. The molecule has 0 radical (unpaired) electrons. The number of hydrogen-bond acceptors (Lipinski definition) is 3. The maximum Gasteiger partial charge on any atom is 0.191 e. The lowest BCUT2D eigenvalue weighted by Gasteiger charge is -2.30. The lowest BCUT2D eigenvalue weighted by molar-refractivity contribution is 0.195. The van der Waals surface area contributed by atoms with Crippen molar-refractivity contribution in [2.45, 2.75) is 33.2 Å². The third-order valence-corrected chi connectivity index (χ3v) is 4.26. The molecular formula is C16H30N6. The van der Waals surface area contributed by atoms with Crippen LogP contribution in [-0.4, -0.2) is 53.4 Å². The number of guanidine groups is 1. The first kappa shape index (κ1) is 16.8. The van der Waals surface area contributed by atoms with Crippen molar-refractivity contribution >= 4 is 5.96 Å². The summed E-state index contributed by atoms with van der Waals surface area (Å²) in [6.07, 6.45) is 4.46. The summed E-state index contributed by atoms with van der Waals surface area (Å²) in [6, 6.07) is 2.00. The van der Waals surface area contributed by atoms with Crippen LogP contribution >= 0.6 is 0 Å². The van der Waals surface area contributed by atoms with E-state index in [1.807, 2.05) is 24.0 Å². The molecule has 1 aliphatic heterocycles. The van der Waals surface area contributed by atoms with Gasteiger partial charge in [-0.25, -0.2) is 4.99 Å². The molecule has 6 nitrogen and oxygen atoms in total. The van der Waals surface area contributed by atoms with E-state index in [2.05, 4.69) is 39.5 Å². The lowest BCUT2D eigenvalue weighted by Crippen LogP contribution is -2.43. The molecule has 2 heterocycles. The van der Waals surface area contributed by atoms with Crippen LogP contribution in [0.25, 0.3) is 0 Å². The maximum atomic E-state index is 4.63. The van der Waals surface area contributed by atoms with Gasteiger partial charge < -0.3 is 15.5 Å². The van der Waals surface area contributed by atoms with Crippen LogP contribution in [0.3, 0.4) is 0 Å². The molecule has 0 amide bonds. The minimum atomic E-state index is 0.646. The van der Waals surface area contributed by atoms with Gasteiger partial charge in [0.05, 0.1) is 12.2 Å². The Morgan fingerprint density at radius 2 is 2.14 bits per heavy atom. The van der Waals surface area contributed by atoms with Crippen molar-refractivity contribution in [3.8, 4) is 0 Å². The molecule has 1 fully saturated rings. The second kappa shape index (κ2) is 8.78. The standard InChI is InChI=1S/C16H30N6/c1-4-17-16(19-13-15-5-8-20-21(15)3)18-9-12-22-10-6-14(2)7-11-22/h5,8,14H,4,6-7,9-13H2,1-3H3,(H2,17,18,19). The smallest absolute Gasteiger partial charge is 0.191 e. The summed E-state index contributed by atoms with van der Waals surface area (Å²) in [5, 5.41) is 10.9. The van der Waals surface area contributed by atoms with Crippen molar-refractivity contribution < 1.29 is 0 Å². The van der Waals surface area contributed by atoms with E-state index in [9.17, 15) is 0 Å². The Balaban J connectivity index is 1.75. The molecule has 0 bridgehead atoms. The average Bonchev–Trinajstić information content (AvgIpc) is 2.92. The zero-order valence-corrected chi connectivity index (χ0v) is 14.2. The van der Waals surface area contributed by atoms with Gasteiger partial charge >= 0.3 is 0 Å². The fourth-order valence-electron chi connectivity index (χ4n) is 2.68. The Morgan fingerprint density at radius 1 is 1.36 bits per heavy atom. The van der Waals surface area contributed by atoms with Crippen LogP contribution in [0.15, 0.2) is 17.3 Å². The van der Waals surface area contributed by atoms with E-state index in [1.54, 1.807) is 0 Å². The van der Waals surface area contributed by atoms with Gasteiger partial charge in [0.1, 0.15) is 0 Å². The molecule has 1 saturated heterocycles. The Hall–Kier alpha value is -1.56. The number of piperidine rings is 1. The lowest BCUT2D eigenvalue weighted by atomic mass is 9.99. The Labute approximate surface area is 134 Å². The summed E-state index contributed by atoms with van der Waals surface area (Å²) in [7, 11) is 1.95. The molecule has 0 saturated carbocycles. The normalized spacial score (nSPS) is 17.7. The van der Waals surface area contributed by atoms with Crippen LogP contribution in [0.4, 0.5) is 0 Å². The molecule has 0 spiro atoms. The van der Waals surface area contributed by atoms with Gasteiger partial charge in [-0.3, -0.25) is 4.68 Å². The summed E-state index contributed by atoms with van der Waals surface area (Å²) < 4.78 is 1.86. The molecule has 0 unspecified atom stereocenters. The third kappa shape index (κ3) is 5.33. The van der Waals surface area contributed by atoms with Crippen molar-refractivity contribution in [1.29, 1.82) is 0 Å². The molecule has 0 atom stereocenters. The van der Waals surface area contributed by atoms with Crippen molar-refractivity contribution in [3.63, 3.8) is 0 Å². The number of rotatable bonds is 6. The first-order chi connectivity index (χ1) is 10.7. The van der Waals surface area contributed by atoms with Crippen LogP contribution in [0, 0.1) is 5.92 Å². The summed E-state index contributed by atoms with van der Waals surface area (Å²) in [4.78, 5) is 7.17. The summed E-state index contributed by atoms with van der Waals surface area (Å²) in [5.41, 5.74) is 1.11. The monoisotopic (exact) mass is 306 g/mol. The van der Waals surface area contributed by atoms with Gasteiger partial charge in [0, 0.05) is 32.9 Å². The minimum absolute atomic E-state index is 0.646. The van der Waals surface area contributed by atoms with E-state index < -0.39 is 0 Å². The topological polar surface area (TPSA) is 57.5 Å². The third-order valence-electron chi connectivity index (χ3n) is 4.26. The fraction of sp³-hybridized carbons (Fsp3) is 0.750. The van der Waals surface area contributed by atoms with E-state index >= 15 is 0 Å². The van der Waals surface area contributed by atoms with E-state index in [-0.39, 0.29) is 0 Å². The van der Waals surface area contributed by atoms with Crippen molar-refractivity contribution in [1.82, 2.24) is 25.3 Å². The number of aromatic nitrogens is 2. The van der Waals surface area contributed by atoms with Gasteiger partial charge in [-0.1, -0.05) is 6.92 Å². The Bertz CT molecular complexity index is 459. The molecule has 0 aliphatic carbocycles. The van der Waals surface area contributed by atoms with E-state index in [1.165, 1.54) is 25.9 Å². The van der Waals surface area contributed by atoms with Crippen molar-refractivity contribution in [2.24, 2.45) is 18.0 Å². The number of likely N-dealkylation sites (tertiary alicyclic amines) is 1. The fourth-order valence-corrected chi connectivity index (χ4v) is 2.68. The zero-order valence-electron chi connectivity index (χ0n) is 14.2. The molecule has 22 heavy (non-hydrogen) atoms. The predicted molar refractivity (Wildman–Crippen MR) is 90.9 cm³/mol. The molecule has 2 rings (SSSR count). The molecule has 2 N–H and O–H groups in total. The second-order valence-corrected chi connectivity index (χ2v) is 6.09. The molecule has 1 aromatic heterocycles. The highest BCUT2D eigenvalue weighted by Gasteiger charge is 2.14. The van der Waals surface area contributed by atoms with Gasteiger partial charge in [0.25, 0.3) is 0 Å². The van der Waals surface area contributed by atoms with E-state index in [0.717, 1.165) is 37.2 Å². The first-order valence-corrected chi connectivity index (χ1v) is 8.40. The number of nitrogens with one attached hydrogen (secondary N) is 2. The second-order valence-electron chi connectivity index (χ2n) is 6.09. The predicted octanol–water partition coefficient (Wildman–Crippen LogP) is 1.21. The van der Waals surface area contributed by atoms with Crippen LogP contribution in [0.2, 0.25) is 0 Å². The van der Waals surface area contributed by atoms with Crippen LogP contribution in [0.5, 0.6) is 0 Å². The summed E-state index contributed by atoms with van der Waals surface area (Å²) >= 11 is 0. The van der Waals surface area contributed by atoms with Crippen LogP contribution in [0.1, 0.15) is 32.4 Å². The van der Waals surface area contributed by atoms with Gasteiger partial charge in [-0.05, 0) is 44.8 Å². The van der Waals surface area contributed by atoms with Crippen molar-refractivity contribution in [3.05, 3.63) is 18.0 Å². The summed E-state index contributed by atoms with van der Waals surface area (Å²) in [6.45, 7) is 10.4. The highest BCUT2D eigenvalue weighted by atomic mass is 15.3. The zero-order chi connectivity index (χ0) is 15.8. The van der Waals surface area contributed by atoms with Crippen molar-refractivity contribution in [2.75, 3.05) is 32.7 Å². The number of nitrogens with zero attached hydrogens (tertiary/aromatic N) is 4. The van der Waals surface area contributed by atoms with Gasteiger partial charge in [0.2, 0.25) is 0 Å². The number of hydrogen-bond donors (Lipinski definition) is 2. The first-order valence-electron chi connectivity index (χ1n) is 8.40. The van der Waals surface area contributed by atoms with Gasteiger partial charge in [0.15, 0.2) is 5.96 Å². The van der Waals surface area contributed by atoms with Gasteiger partial charge in [-0.15, -0.1) is 0 Å². The number of aliphatic imine (C=N–C) groups is 1. The van der Waals surface area contributed by atoms with Gasteiger partial charge in [-0.2, -0.15) is 5.10 Å². The molecule has 1 aromatic rings. The van der Waals surface area contributed by atoms with E-state index in [4.69, 9.17) is 0 Å².